The summed E-state index contributed by atoms with van der Waals surface area (Å²) in [5.41, 5.74) is 0.661. The molecule has 0 fully saturated rings. The lowest BCUT2D eigenvalue weighted by Crippen LogP contribution is -1.93. The van der Waals surface area contributed by atoms with Crippen LogP contribution in [0.15, 0.2) is 36.5 Å². The lowest BCUT2D eigenvalue weighted by molar-refractivity contribution is -0.387. The van der Waals surface area contributed by atoms with Gasteiger partial charge in [0.1, 0.15) is 0 Å². The lowest BCUT2D eigenvalue weighted by atomic mass is 10.1. The predicted molar refractivity (Wildman–Crippen MR) is 62.8 cm³/mol. The van der Waals surface area contributed by atoms with E-state index < -0.39 is 16.4 Å². The number of ether oxygens (including phenoxy) is 1. The van der Waals surface area contributed by atoms with Crippen molar-refractivity contribution in [2.24, 2.45) is 0 Å². The zero-order valence-electron chi connectivity index (χ0n) is 9.46. The van der Waals surface area contributed by atoms with E-state index in [1.807, 2.05) is 0 Å². The predicted octanol–water partition coefficient (Wildman–Crippen LogP) is 2.80. The number of rotatable bonds is 3. The Balaban J connectivity index is 2.45. The van der Waals surface area contributed by atoms with Crippen molar-refractivity contribution in [1.82, 2.24) is 4.98 Å². The number of hydrogen-bond donors (Lipinski definition) is 0. The molecule has 0 atom stereocenters. The molecule has 1 aromatic carbocycles. The Morgan fingerprint density at radius 1 is 1.28 bits per heavy atom. The molecule has 92 valence electrons. The molecule has 5 nitrogen and oxygen atoms in total. The molecule has 0 aliphatic rings. The zero-order valence-corrected chi connectivity index (χ0v) is 9.46. The second kappa shape index (κ2) is 4.79. The molecule has 0 radical (unpaired) electrons. The number of nitro groups is 1. The maximum Gasteiger partial charge on any atom is 0.304 e. The molecule has 2 aromatic rings. The van der Waals surface area contributed by atoms with Gasteiger partial charge in [-0.3, -0.25) is 10.1 Å². The molecule has 6 heteroatoms. The van der Waals surface area contributed by atoms with E-state index in [-0.39, 0.29) is 0 Å². The van der Waals surface area contributed by atoms with Gasteiger partial charge >= 0.3 is 5.69 Å². The fourth-order valence-electron chi connectivity index (χ4n) is 1.54. The topological polar surface area (TPSA) is 65.3 Å². The van der Waals surface area contributed by atoms with Crippen LogP contribution in [0.2, 0.25) is 0 Å². The highest BCUT2D eigenvalue weighted by Crippen LogP contribution is 2.26. The molecule has 0 amide bonds. The minimum atomic E-state index is -0.867. The van der Waals surface area contributed by atoms with Crippen LogP contribution in [-0.2, 0) is 0 Å². The minimum Gasteiger partial charge on any atom is -0.481 e. The molecule has 1 aromatic heterocycles. The lowest BCUT2D eigenvalue weighted by Gasteiger charge is -2.04. The normalized spacial score (nSPS) is 10.1. The SMILES string of the molecule is COc1cc(-c2ccc([N+](=O)[O-])c(F)c2)ccn1. The molecule has 0 bridgehead atoms. The van der Waals surface area contributed by atoms with Crippen LogP contribution in [0.1, 0.15) is 0 Å². The smallest absolute Gasteiger partial charge is 0.304 e. The maximum absolute atomic E-state index is 13.5. The molecule has 0 N–H and O–H groups in total. The molecule has 0 saturated carbocycles. The number of halogens is 1. The van der Waals surface area contributed by atoms with Crippen molar-refractivity contribution in [2.75, 3.05) is 7.11 Å². The molecular weight excluding hydrogens is 239 g/mol. The van der Waals surface area contributed by atoms with Crippen LogP contribution in [0.25, 0.3) is 11.1 Å². The van der Waals surface area contributed by atoms with Gasteiger partial charge in [-0.05, 0) is 29.3 Å². The van der Waals surface area contributed by atoms with Crippen molar-refractivity contribution in [3.05, 3.63) is 52.5 Å². The van der Waals surface area contributed by atoms with E-state index in [1.54, 1.807) is 12.1 Å². The highest BCUT2D eigenvalue weighted by atomic mass is 19.1. The van der Waals surface area contributed by atoms with Crippen molar-refractivity contribution in [3.8, 4) is 17.0 Å². The van der Waals surface area contributed by atoms with Crippen LogP contribution in [0.5, 0.6) is 5.88 Å². The third kappa shape index (κ3) is 2.27. The molecule has 2 rings (SSSR count). The molecule has 18 heavy (non-hydrogen) atoms. The van der Waals surface area contributed by atoms with E-state index >= 15 is 0 Å². The van der Waals surface area contributed by atoms with Gasteiger partial charge in [-0.15, -0.1) is 0 Å². The monoisotopic (exact) mass is 248 g/mol. The summed E-state index contributed by atoms with van der Waals surface area (Å²) in [5, 5.41) is 10.5. The summed E-state index contributed by atoms with van der Waals surface area (Å²) < 4.78 is 18.4. The number of hydrogen-bond acceptors (Lipinski definition) is 4. The summed E-state index contributed by atoms with van der Waals surface area (Å²) in [5.74, 6) is -0.473. The Kier molecular flexibility index (Phi) is 3.18. The summed E-state index contributed by atoms with van der Waals surface area (Å²) in [6.45, 7) is 0. The van der Waals surface area contributed by atoms with E-state index in [4.69, 9.17) is 4.74 Å². The van der Waals surface area contributed by atoms with Crippen LogP contribution >= 0.6 is 0 Å². The first-order valence-electron chi connectivity index (χ1n) is 5.06. The third-order valence-electron chi connectivity index (χ3n) is 2.42. The van der Waals surface area contributed by atoms with Gasteiger partial charge < -0.3 is 4.74 Å². The van der Waals surface area contributed by atoms with Crippen LogP contribution < -0.4 is 4.74 Å². The Hall–Kier alpha value is -2.50. The molecule has 1 heterocycles. The van der Waals surface area contributed by atoms with Crippen LogP contribution in [0, 0.1) is 15.9 Å². The van der Waals surface area contributed by atoms with Gasteiger partial charge in [0.05, 0.1) is 12.0 Å². The fourth-order valence-corrected chi connectivity index (χ4v) is 1.54. The number of benzene rings is 1. The largest absolute Gasteiger partial charge is 0.481 e. The van der Waals surface area contributed by atoms with Crippen molar-refractivity contribution in [2.45, 2.75) is 0 Å². The number of nitro benzene ring substituents is 1. The summed E-state index contributed by atoms with van der Waals surface area (Å²) in [6.07, 6.45) is 1.52. The van der Waals surface area contributed by atoms with Crippen molar-refractivity contribution >= 4 is 5.69 Å². The van der Waals surface area contributed by atoms with Gasteiger partial charge in [0, 0.05) is 18.3 Å². The van der Waals surface area contributed by atoms with Crippen molar-refractivity contribution in [1.29, 1.82) is 0 Å². The molecular formula is C12H9FN2O3. The van der Waals surface area contributed by atoms with Crippen LogP contribution in [-0.4, -0.2) is 17.0 Å². The van der Waals surface area contributed by atoms with Gasteiger partial charge in [-0.2, -0.15) is 4.39 Å². The van der Waals surface area contributed by atoms with E-state index in [9.17, 15) is 14.5 Å². The van der Waals surface area contributed by atoms with Gasteiger partial charge in [0.15, 0.2) is 0 Å². The number of pyridine rings is 1. The molecule has 0 aliphatic carbocycles. The Labute approximate surface area is 102 Å². The third-order valence-corrected chi connectivity index (χ3v) is 2.42. The van der Waals surface area contributed by atoms with E-state index in [1.165, 1.54) is 19.4 Å². The Bertz CT molecular complexity index is 602. The summed E-state index contributed by atoms with van der Waals surface area (Å²) in [4.78, 5) is 13.7. The number of nitrogens with zero attached hydrogens (tertiary/aromatic N) is 2. The molecule has 0 unspecified atom stereocenters. The van der Waals surface area contributed by atoms with Gasteiger partial charge in [0.2, 0.25) is 11.7 Å². The fraction of sp³-hybridized carbons (Fsp3) is 0.0833. The van der Waals surface area contributed by atoms with Gasteiger partial charge in [-0.25, -0.2) is 4.98 Å². The summed E-state index contributed by atoms with van der Waals surface area (Å²) in [6, 6.07) is 7.03. The Morgan fingerprint density at radius 3 is 2.61 bits per heavy atom. The summed E-state index contributed by atoms with van der Waals surface area (Å²) in [7, 11) is 1.47. The number of methoxy groups -OCH3 is 1. The minimum absolute atomic E-state index is 0.395. The van der Waals surface area contributed by atoms with E-state index in [0.29, 0.717) is 17.0 Å². The summed E-state index contributed by atoms with van der Waals surface area (Å²) >= 11 is 0. The van der Waals surface area contributed by atoms with Gasteiger partial charge in [0.25, 0.3) is 0 Å². The second-order valence-corrected chi connectivity index (χ2v) is 3.51. The second-order valence-electron chi connectivity index (χ2n) is 3.51. The average Bonchev–Trinajstić information content (AvgIpc) is 2.38. The molecule has 0 aliphatic heterocycles. The number of aromatic nitrogens is 1. The first kappa shape index (κ1) is 12.0. The maximum atomic E-state index is 13.5. The quantitative estimate of drug-likeness (QED) is 0.618. The van der Waals surface area contributed by atoms with E-state index in [2.05, 4.69) is 4.98 Å². The molecule has 0 saturated heterocycles. The molecule has 0 spiro atoms. The van der Waals surface area contributed by atoms with Crippen molar-refractivity contribution in [3.63, 3.8) is 0 Å². The van der Waals surface area contributed by atoms with Crippen LogP contribution in [0.3, 0.4) is 0 Å². The average molecular weight is 248 g/mol. The van der Waals surface area contributed by atoms with Gasteiger partial charge in [-0.1, -0.05) is 0 Å². The first-order valence-corrected chi connectivity index (χ1v) is 5.06. The van der Waals surface area contributed by atoms with Crippen molar-refractivity contribution < 1.29 is 14.1 Å². The highest BCUT2D eigenvalue weighted by Gasteiger charge is 2.14. The first-order chi connectivity index (χ1) is 8.61. The highest BCUT2D eigenvalue weighted by molar-refractivity contribution is 5.65. The zero-order chi connectivity index (χ0) is 13.1. The van der Waals surface area contributed by atoms with E-state index in [0.717, 1.165) is 12.1 Å². The van der Waals surface area contributed by atoms with Crippen LogP contribution in [0.4, 0.5) is 10.1 Å². The Morgan fingerprint density at radius 2 is 2.00 bits per heavy atom. The standard InChI is InChI=1S/C12H9FN2O3/c1-18-12-7-9(4-5-14-12)8-2-3-11(15(16)17)10(13)6-8/h2-7H,1H3.